The van der Waals surface area contributed by atoms with E-state index in [1.54, 1.807) is 0 Å². The zero-order valence-electron chi connectivity index (χ0n) is 36.1. The molecule has 0 amide bonds. The van der Waals surface area contributed by atoms with Crippen LogP contribution in [0.3, 0.4) is 0 Å². The van der Waals surface area contributed by atoms with E-state index in [-0.39, 0.29) is 0 Å². The Bertz CT molecular complexity index is 3990. The van der Waals surface area contributed by atoms with Gasteiger partial charge in [0, 0.05) is 33.5 Å². The van der Waals surface area contributed by atoms with E-state index in [0.717, 1.165) is 28.3 Å². The minimum Gasteiger partial charge on any atom is -0.310 e. The normalized spacial score (nSPS) is 11.6. The number of anilines is 3. The van der Waals surface area contributed by atoms with Crippen molar-refractivity contribution in [2.75, 3.05) is 4.90 Å². The molecule has 2 nitrogen and oxygen atoms in total. The Morgan fingerprint density at radius 2 is 0.788 bits per heavy atom. The highest BCUT2D eigenvalue weighted by Gasteiger charge is 2.22. The molecule has 0 saturated heterocycles. The van der Waals surface area contributed by atoms with Crippen molar-refractivity contribution in [3.05, 3.63) is 255 Å². The fraction of sp³-hybridized carbons (Fsp3) is 0. The van der Waals surface area contributed by atoms with Crippen LogP contribution in [0.2, 0.25) is 0 Å². The van der Waals surface area contributed by atoms with Crippen molar-refractivity contribution in [3.8, 4) is 39.1 Å². The predicted molar refractivity (Wildman–Crippen MR) is 282 cm³/mol. The Balaban J connectivity index is 1.11. The lowest BCUT2D eigenvalue weighted by molar-refractivity contribution is 1.18. The Labute approximate surface area is 383 Å². The fourth-order valence-corrected chi connectivity index (χ4v) is 10.6. The maximum Gasteiger partial charge on any atom is 0.0561 e. The maximum atomic E-state index is 2.46. The lowest BCUT2D eigenvalue weighted by Gasteiger charge is -2.28. The molecule has 0 N–H and O–H groups in total. The van der Waals surface area contributed by atoms with E-state index >= 15 is 0 Å². The topological polar surface area (TPSA) is 8.17 Å². The second kappa shape index (κ2) is 15.5. The molecule has 308 valence electrons. The van der Waals surface area contributed by atoms with Crippen LogP contribution in [0, 0.1) is 0 Å². The van der Waals surface area contributed by atoms with Crippen LogP contribution in [-0.4, -0.2) is 4.57 Å². The summed E-state index contributed by atoms with van der Waals surface area (Å²) in [5, 5.41) is 12.3. The molecule has 0 unspecified atom stereocenters. The second-order valence-corrected chi connectivity index (χ2v) is 17.3. The molecule has 0 fully saturated rings. The molecule has 1 aromatic heterocycles. The third-order valence-electron chi connectivity index (χ3n) is 13.5. The zero-order chi connectivity index (χ0) is 43.6. The molecule has 1 heterocycles. The van der Waals surface area contributed by atoms with Crippen molar-refractivity contribution in [1.29, 1.82) is 0 Å². The second-order valence-electron chi connectivity index (χ2n) is 17.3. The van der Waals surface area contributed by atoms with Crippen LogP contribution in [0.5, 0.6) is 0 Å². The Morgan fingerprint density at radius 3 is 1.58 bits per heavy atom. The molecule has 13 aromatic rings. The van der Waals surface area contributed by atoms with Crippen LogP contribution in [0.15, 0.2) is 255 Å². The predicted octanol–water partition coefficient (Wildman–Crippen LogP) is 17.9. The van der Waals surface area contributed by atoms with Crippen molar-refractivity contribution in [2.24, 2.45) is 0 Å². The van der Waals surface area contributed by atoms with Gasteiger partial charge in [-0.05, 0) is 131 Å². The van der Waals surface area contributed by atoms with Gasteiger partial charge in [0.15, 0.2) is 0 Å². The molecule has 2 heteroatoms. The van der Waals surface area contributed by atoms with Gasteiger partial charge in [-0.25, -0.2) is 0 Å². The molecule has 0 bridgehead atoms. The highest BCUT2D eigenvalue weighted by Crippen LogP contribution is 2.48. The number of aromatic nitrogens is 1. The van der Waals surface area contributed by atoms with Gasteiger partial charge in [0.1, 0.15) is 0 Å². The zero-order valence-corrected chi connectivity index (χ0v) is 36.1. The van der Waals surface area contributed by atoms with E-state index in [2.05, 4.69) is 264 Å². The largest absolute Gasteiger partial charge is 0.310 e. The first-order chi connectivity index (χ1) is 32.7. The minimum absolute atomic E-state index is 1.08. The van der Waals surface area contributed by atoms with Gasteiger partial charge in [0.2, 0.25) is 0 Å². The van der Waals surface area contributed by atoms with E-state index < -0.39 is 0 Å². The standard InChI is InChI=1S/C64H42N2/c1-3-19-45(20-4-1)63-59-30-12-11-28-55(59)56-37-35-51(41-60(56)64(63)46-21-5-2-6-22-46)65(49-26-15-25-48(40-49)54-31-16-24-44-18-9-10-27-53(44)54)52-36-38-58-57-29-13-14-32-61(57)66(62(58)42-52)50-34-33-43-17-7-8-23-47(43)39-50/h1-42H. The molecule has 0 radical (unpaired) electrons. The average Bonchev–Trinajstić information content (AvgIpc) is 3.72. The lowest BCUT2D eigenvalue weighted by atomic mass is 9.85. The van der Waals surface area contributed by atoms with Crippen molar-refractivity contribution < 1.29 is 0 Å². The van der Waals surface area contributed by atoms with Crippen LogP contribution in [0.25, 0.3) is 104 Å². The molecule has 12 aromatic carbocycles. The number of para-hydroxylation sites is 1. The molecular weight excluding hydrogens is 797 g/mol. The van der Waals surface area contributed by atoms with Gasteiger partial charge in [-0.2, -0.15) is 0 Å². The summed E-state index contributed by atoms with van der Waals surface area (Å²) in [6.07, 6.45) is 0. The summed E-state index contributed by atoms with van der Waals surface area (Å²) in [7, 11) is 0. The Morgan fingerprint density at radius 1 is 0.258 bits per heavy atom. The van der Waals surface area contributed by atoms with Crippen molar-refractivity contribution in [2.45, 2.75) is 0 Å². The van der Waals surface area contributed by atoms with E-state index in [4.69, 9.17) is 0 Å². The van der Waals surface area contributed by atoms with Crippen LogP contribution in [0.1, 0.15) is 0 Å². The van der Waals surface area contributed by atoms with Crippen LogP contribution in [-0.2, 0) is 0 Å². The minimum atomic E-state index is 1.08. The summed E-state index contributed by atoms with van der Waals surface area (Å²) in [6, 6.07) is 93.5. The summed E-state index contributed by atoms with van der Waals surface area (Å²) in [5.41, 5.74) is 14.0. The molecule has 0 aliphatic carbocycles. The van der Waals surface area contributed by atoms with Crippen LogP contribution < -0.4 is 4.90 Å². The molecule has 0 saturated carbocycles. The Hall–Kier alpha value is -8.72. The SMILES string of the molecule is c1ccc(-c2c(-c3ccccc3)c3cc(N(c4cccc(-c5cccc6ccccc56)c4)c4ccc5c6ccccc6n(-c6ccc7ccccc7c6)c5c4)ccc3c3ccccc23)cc1. The number of hydrogen-bond acceptors (Lipinski definition) is 1. The van der Waals surface area contributed by atoms with E-state index in [9.17, 15) is 0 Å². The summed E-state index contributed by atoms with van der Waals surface area (Å²) >= 11 is 0. The van der Waals surface area contributed by atoms with Gasteiger partial charge in [-0.15, -0.1) is 0 Å². The summed E-state index contributed by atoms with van der Waals surface area (Å²) in [5.74, 6) is 0. The van der Waals surface area contributed by atoms with Crippen molar-refractivity contribution in [3.63, 3.8) is 0 Å². The number of nitrogens with zero attached hydrogens (tertiary/aromatic N) is 2. The number of rotatable bonds is 7. The molecule has 0 aliphatic rings. The number of benzene rings is 12. The summed E-state index contributed by atoms with van der Waals surface area (Å²) in [6.45, 7) is 0. The third kappa shape index (κ3) is 6.18. The van der Waals surface area contributed by atoms with E-state index in [0.29, 0.717) is 0 Å². The quantitative estimate of drug-likeness (QED) is 0.145. The Kier molecular flexibility index (Phi) is 8.89. The van der Waals surface area contributed by atoms with Gasteiger partial charge in [-0.1, -0.05) is 200 Å². The van der Waals surface area contributed by atoms with E-state index in [1.807, 2.05) is 0 Å². The van der Waals surface area contributed by atoms with Gasteiger partial charge in [0.05, 0.1) is 11.0 Å². The van der Waals surface area contributed by atoms with Gasteiger partial charge < -0.3 is 9.47 Å². The highest BCUT2D eigenvalue weighted by atomic mass is 15.1. The molecular formula is C64H42N2. The third-order valence-corrected chi connectivity index (χ3v) is 13.5. The molecule has 0 spiro atoms. The first-order valence-electron chi connectivity index (χ1n) is 22.8. The molecule has 0 atom stereocenters. The fourth-order valence-electron chi connectivity index (χ4n) is 10.6. The van der Waals surface area contributed by atoms with Gasteiger partial charge in [-0.3, -0.25) is 0 Å². The first-order valence-corrected chi connectivity index (χ1v) is 22.8. The van der Waals surface area contributed by atoms with Crippen molar-refractivity contribution >= 4 is 82.0 Å². The average molecular weight is 839 g/mol. The van der Waals surface area contributed by atoms with Gasteiger partial charge in [0.25, 0.3) is 0 Å². The first kappa shape index (κ1) is 37.8. The summed E-state index contributed by atoms with van der Waals surface area (Å²) < 4.78 is 2.44. The van der Waals surface area contributed by atoms with Crippen LogP contribution in [0.4, 0.5) is 17.1 Å². The number of hydrogen-bond donors (Lipinski definition) is 0. The van der Waals surface area contributed by atoms with E-state index in [1.165, 1.54) is 92.8 Å². The summed E-state index contributed by atoms with van der Waals surface area (Å²) in [4.78, 5) is 2.46. The van der Waals surface area contributed by atoms with Gasteiger partial charge >= 0.3 is 0 Å². The smallest absolute Gasteiger partial charge is 0.0561 e. The number of fused-ring (bicyclic) bond motifs is 8. The molecule has 66 heavy (non-hydrogen) atoms. The lowest BCUT2D eigenvalue weighted by Crippen LogP contribution is -2.10. The monoisotopic (exact) mass is 838 g/mol. The molecule has 13 rings (SSSR count). The van der Waals surface area contributed by atoms with Crippen LogP contribution >= 0.6 is 0 Å². The molecule has 0 aliphatic heterocycles. The maximum absolute atomic E-state index is 2.46. The highest BCUT2D eigenvalue weighted by molar-refractivity contribution is 6.22. The van der Waals surface area contributed by atoms with Crippen molar-refractivity contribution in [1.82, 2.24) is 4.57 Å².